The van der Waals surface area contributed by atoms with Gasteiger partial charge in [0.2, 0.25) is 5.91 Å². The van der Waals surface area contributed by atoms with Crippen molar-refractivity contribution in [1.82, 2.24) is 5.01 Å². The fourth-order valence-corrected chi connectivity index (χ4v) is 3.67. The Morgan fingerprint density at radius 3 is 2.67 bits per heavy atom. The van der Waals surface area contributed by atoms with Crippen LogP contribution in [-0.2, 0) is 11.2 Å². The first-order valence-corrected chi connectivity index (χ1v) is 7.89. The van der Waals surface area contributed by atoms with E-state index in [4.69, 9.17) is 4.74 Å². The van der Waals surface area contributed by atoms with Crippen molar-refractivity contribution in [2.75, 3.05) is 7.11 Å². The number of hydrazone groups is 1. The fourth-order valence-electron chi connectivity index (χ4n) is 3.67. The first-order chi connectivity index (χ1) is 11.6. The predicted octanol–water partition coefficient (Wildman–Crippen LogP) is 3.31. The van der Waals surface area contributed by atoms with Crippen LogP contribution in [0.4, 0.5) is 4.39 Å². The van der Waals surface area contributed by atoms with Crippen molar-refractivity contribution in [2.24, 2.45) is 11.0 Å². The van der Waals surface area contributed by atoms with Crippen LogP contribution in [0.1, 0.15) is 29.7 Å². The lowest BCUT2D eigenvalue weighted by atomic mass is 9.90. The first kappa shape index (κ1) is 14.9. The molecule has 0 radical (unpaired) electrons. The highest BCUT2D eigenvalue weighted by atomic mass is 19.1. The quantitative estimate of drug-likeness (QED) is 0.850. The van der Waals surface area contributed by atoms with E-state index in [0.29, 0.717) is 0 Å². The maximum Gasteiger partial charge on any atom is 0.240 e. The summed E-state index contributed by atoms with van der Waals surface area (Å²) >= 11 is 0. The highest BCUT2D eigenvalue weighted by Gasteiger charge is 2.45. The van der Waals surface area contributed by atoms with Gasteiger partial charge in [-0.05, 0) is 41.8 Å². The average molecular weight is 324 g/mol. The summed E-state index contributed by atoms with van der Waals surface area (Å²) in [6, 6.07) is 12.1. The van der Waals surface area contributed by atoms with Crippen molar-refractivity contribution < 1.29 is 13.9 Å². The highest BCUT2D eigenvalue weighted by Crippen LogP contribution is 2.44. The molecule has 1 aliphatic carbocycles. The largest absolute Gasteiger partial charge is 0.497 e. The van der Waals surface area contributed by atoms with Gasteiger partial charge in [-0.25, -0.2) is 9.40 Å². The number of hydrogen-bond donors (Lipinski definition) is 0. The molecular weight excluding hydrogens is 307 g/mol. The molecule has 0 saturated heterocycles. The van der Waals surface area contributed by atoms with Gasteiger partial charge in [-0.15, -0.1) is 0 Å². The Hall–Kier alpha value is -2.69. The lowest BCUT2D eigenvalue weighted by Gasteiger charge is -2.25. The van der Waals surface area contributed by atoms with Crippen LogP contribution in [0.15, 0.2) is 47.6 Å². The minimum absolute atomic E-state index is 0.0847. The molecule has 1 heterocycles. The van der Waals surface area contributed by atoms with Gasteiger partial charge in [-0.3, -0.25) is 4.79 Å². The Morgan fingerprint density at radius 1 is 1.25 bits per heavy atom. The zero-order valence-corrected chi connectivity index (χ0v) is 13.5. The minimum Gasteiger partial charge on any atom is -0.497 e. The molecule has 1 aliphatic heterocycles. The summed E-state index contributed by atoms with van der Waals surface area (Å²) in [5, 5.41) is 6.12. The van der Waals surface area contributed by atoms with Crippen LogP contribution in [0.5, 0.6) is 5.75 Å². The molecule has 2 aromatic rings. The lowest BCUT2D eigenvalue weighted by Crippen LogP contribution is -2.28. The zero-order valence-electron chi connectivity index (χ0n) is 13.5. The van der Waals surface area contributed by atoms with E-state index in [0.717, 1.165) is 29.0 Å². The molecule has 0 fully saturated rings. The van der Waals surface area contributed by atoms with Gasteiger partial charge in [0, 0.05) is 18.4 Å². The van der Waals surface area contributed by atoms with Crippen molar-refractivity contribution in [3.05, 3.63) is 65.0 Å². The number of carbonyl (C=O) groups is 1. The molecule has 1 amide bonds. The third-order valence-corrected chi connectivity index (χ3v) is 4.78. The monoisotopic (exact) mass is 324 g/mol. The van der Waals surface area contributed by atoms with E-state index in [1.807, 2.05) is 12.1 Å². The molecule has 1 unspecified atom stereocenters. The molecule has 0 spiro atoms. The number of halogens is 1. The van der Waals surface area contributed by atoms with Gasteiger partial charge in [0.05, 0.1) is 18.9 Å². The van der Waals surface area contributed by atoms with Crippen LogP contribution in [0.2, 0.25) is 0 Å². The Bertz CT molecular complexity index is 845. The van der Waals surface area contributed by atoms with Crippen molar-refractivity contribution in [3.63, 3.8) is 0 Å². The maximum absolute atomic E-state index is 13.3. The number of hydrogen-bond acceptors (Lipinski definition) is 3. The molecule has 0 aromatic heterocycles. The van der Waals surface area contributed by atoms with Crippen LogP contribution >= 0.6 is 0 Å². The summed E-state index contributed by atoms with van der Waals surface area (Å²) in [5.41, 5.74) is 4.05. The second-order valence-corrected chi connectivity index (χ2v) is 6.18. The van der Waals surface area contributed by atoms with Crippen LogP contribution in [0.25, 0.3) is 0 Å². The maximum atomic E-state index is 13.3. The number of rotatable bonds is 2. The van der Waals surface area contributed by atoms with E-state index in [9.17, 15) is 9.18 Å². The van der Waals surface area contributed by atoms with E-state index in [1.54, 1.807) is 19.2 Å². The molecular formula is C19H17FN2O2. The molecule has 122 valence electrons. The van der Waals surface area contributed by atoms with Crippen LogP contribution in [0, 0.1) is 11.7 Å². The Kier molecular flexibility index (Phi) is 3.37. The van der Waals surface area contributed by atoms with Crippen molar-refractivity contribution in [1.29, 1.82) is 0 Å². The number of nitrogens with zero attached hydrogens (tertiary/aromatic N) is 2. The summed E-state index contributed by atoms with van der Waals surface area (Å²) in [5.74, 6) is 0.459. The molecule has 2 aromatic carbocycles. The van der Waals surface area contributed by atoms with E-state index in [2.05, 4.69) is 11.2 Å². The Labute approximate surface area is 139 Å². The lowest BCUT2D eigenvalue weighted by molar-refractivity contribution is -0.131. The predicted molar refractivity (Wildman–Crippen MR) is 88.4 cm³/mol. The standard InChI is InChI=1S/C19H17FN2O2/c1-11(23)22-19(12-3-6-14(20)7-4-12)17-9-13-5-8-15(24-2)10-16(13)18(17)21-22/h3-8,10,17,19H,9H2,1-2H3/t17-,19?/m1/s1. The molecule has 4 rings (SSSR count). The normalized spacial score (nSPS) is 21.3. The summed E-state index contributed by atoms with van der Waals surface area (Å²) in [6.45, 7) is 1.51. The van der Waals surface area contributed by atoms with Gasteiger partial charge < -0.3 is 4.74 Å². The van der Waals surface area contributed by atoms with Crippen molar-refractivity contribution >= 4 is 11.6 Å². The minimum atomic E-state index is -0.285. The smallest absolute Gasteiger partial charge is 0.240 e. The number of carbonyl (C=O) groups excluding carboxylic acids is 1. The SMILES string of the molecule is COc1ccc2c(c1)C1=NN(C(C)=O)C(c3ccc(F)cc3)[C@@H]1C2. The van der Waals surface area contributed by atoms with E-state index in [1.165, 1.54) is 29.6 Å². The second-order valence-electron chi connectivity index (χ2n) is 6.18. The zero-order chi connectivity index (χ0) is 16.8. The molecule has 5 heteroatoms. The summed E-state index contributed by atoms with van der Waals surface area (Å²) in [7, 11) is 1.63. The van der Waals surface area contributed by atoms with Crippen molar-refractivity contribution in [2.45, 2.75) is 19.4 Å². The highest BCUT2D eigenvalue weighted by molar-refractivity contribution is 6.08. The van der Waals surface area contributed by atoms with Crippen molar-refractivity contribution in [3.8, 4) is 5.75 Å². The topological polar surface area (TPSA) is 41.9 Å². The number of fused-ring (bicyclic) bond motifs is 3. The number of benzene rings is 2. The summed E-state index contributed by atoms with van der Waals surface area (Å²) in [4.78, 5) is 12.1. The van der Waals surface area contributed by atoms with Gasteiger partial charge in [0.15, 0.2) is 0 Å². The molecule has 0 N–H and O–H groups in total. The molecule has 0 saturated carbocycles. The van der Waals surface area contributed by atoms with E-state index < -0.39 is 0 Å². The summed E-state index contributed by atoms with van der Waals surface area (Å²) < 4.78 is 18.6. The average Bonchev–Trinajstić information content (AvgIpc) is 3.11. The molecule has 0 bridgehead atoms. The summed E-state index contributed by atoms with van der Waals surface area (Å²) in [6.07, 6.45) is 0.810. The van der Waals surface area contributed by atoms with Crippen LogP contribution < -0.4 is 4.74 Å². The number of ether oxygens (including phenoxy) is 1. The molecule has 2 atom stereocenters. The molecule has 4 nitrogen and oxygen atoms in total. The first-order valence-electron chi connectivity index (χ1n) is 7.89. The van der Waals surface area contributed by atoms with Gasteiger partial charge in [-0.2, -0.15) is 5.10 Å². The number of amides is 1. The Balaban J connectivity index is 1.79. The van der Waals surface area contributed by atoms with Gasteiger partial charge in [-0.1, -0.05) is 18.2 Å². The number of methoxy groups -OCH3 is 1. The fraction of sp³-hybridized carbons (Fsp3) is 0.263. The van der Waals surface area contributed by atoms with Crippen LogP contribution in [-0.4, -0.2) is 23.7 Å². The Morgan fingerprint density at radius 2 is 2.00 bits per heavy atom. The van der Waals surface area contributed by atoms with Crippen LogP contribution in [0.3, 0.4) is 0 Å². The molecule has 24 heavy (non-hydrogen) atoms. The molecule has 2 aliphatic rings. The van der Waals surface area contributed by atoms with Gasteiger partial charge >= 0.3 is 0 Å². The second kappa shape index (κ2) is 5.44. The third-order valence-electron chi connectivity index (χ3n) is 4.78. The van der Waals surface area contributed by atoms with E-state index >= 15 is 0 Å². The van der Waals surface area contributed by atoms with Gasteiger partial charge in [0.1, 0.15) is 11.6 Å². The van der Waals surface area contributed by atoms with Gasteiger partial charge in [0.25, 0.3) is 0 Å². The van der Waals surface area contributed by atoms with E-state index in [-0.39, 0.29) is 23.7 Å². The third kappa shape index (κ3) is 2.19.